The molecule has 0 aromatic heterocycles. The van der Waals surface area contributed by atoms with Crippen LogP contribution in [0.4, 0.5) is 0 Å². The van der Waals surface area contributed by atoms with E-state index in [-0.39, 0.29) is 17.7 Å². The third-order valence-electron chi connectivity index (χ3n) is 5.03. The van der Waals surface area contributed by atoms with E-state index in [4.69, 9.17) is 17.2 Å². The summed E-state index contributed by atoms with van der Waals surface area (Å²) in [4.78, 5) is 37.2. The third-order valence-corrected chi connectivity index (χ3v) is 5.03. The Morgan fingerprint density at radius 3 is 1.26 bits per heavy atom. The van der Waals surface area contributed by atoms with Gasteiger partial charge in [0.2, 0.25) is 17.7 Å². The van der Waals surface area contributed by atoms with Crippen LogP contribution in [0.25, 0.3) is 0 Å². The minimum atomic E-state index is 0.000384. The molecule has 0 rings (SSSR count). The number of hydrogen-bond donors (Lipinski definition) is 9. The van der Waals surface area contributed by atoms with Gasteiger partial charge in [0, 0.05) is 111 Å². The molecule has 0 aliphatic heterocycles. The Morgan fingerprint density at radius 2 is 0.857 bits per heavy atom. The van der Waals surface area contributed by atoms with Crippen LogP contribution in [-0.2, 0) is 14.4 Å². The van der Waals surface area contributed by atoms with Gasteiger partial charge >= 0.3 is 0 Å². The number of nitrogens with zero attached hydrogens (tertiary/aromatic N) is 1. The molecule has 0 aromatic carbocycles. The summed E-state index contributed by atoms with van der Waals surface area (Å²) in [6.07, 6.45) is 2.11. The topological polar surface area (TPSA) is 205 Å². The number of nitrogens with two attached hydrogens (primary N) is 3. The summed E-state index contributed by atoms with van der Waals surface area (Å²) in [5.74, 6) is 0.0327. The Bertz CT molecular complexity index is 510. The molecule has 0 aliphatic rings. The lowest BCUT2D eigenvalue weighted by Gasteiger charge is -2.23. The standard InChI is InChI=1S/C22H50N10O3/c23-5-11-29-20(33)2-1-8-26-14-17-32(18-15-27-9-3-21(34)30-12-6-24)19-16-28-10-4-22(35)31-13-7-25/h26-28H,1-19,23-25H2,(H,29,33)(H,30,34)(H,31,35). The van der Waals surface area contributed by atoms with Gasteiger partial charge in [-0.3, -0.25) is 19.3 Å². The molecule has 13 nitrogen and oxygen atoms in total. The molecule has 206 valence electrons. The first-order valence-electron chi connectivity index (χ1n) is 12.8. The molecule has 12 N–H and O–H groups in total. The van der Waals surface area contributed by atoms with E-state index in [9.17, 15) is 14.4 Å². The fourth-order valence-corrected chi connectivity index (χ4v) is 3.10. The number of nitrogens with one attached hydrogen (secondary N) is 6. The normalized spacial score (nSPS) is 11.0. The van der Waals surface area contributed by atoms with Crippen molar-refractivity contribution in [2.45, 2.75) is 25.7 Å². The summed E-state index contributed by atoms with van der Waals surface area (Å²) >= 11 is 0. The Balaban J connectivity index is 4.12. The van der Waals surface area contributed by atoms with Gasteiger partial charge < -0.3 is 49.1 Å². The fourth-order valence-electron chi connectivity index (χ4n) is 3.10. The maximum absolute atomic E-state index is 11.6. The molecule has 0 bridgehead atoms. The Labute approximate surface area is 210 Å². The molecule has 0 atom stereocenters. The van der Waals surface area contributed by atoms with Gasteiger partial charge in [0.1, 0.15) is 0 Å². The highest BCUT2D eigenvalue weighted by atomic mass is 16.2. The number of hydrogen-bond acceptors (Lipinski definition) is 10. The zero-order valence-corrected chi connectivity index (χ0v) is 21.3. The van der Waals surface area contributed by atoms with Crippen LogP contribution in [0, 0.1) is 0 Å². The van der Waals surface area contributed by atoms with Crippen molar-refractivity contribution in [2.24, 2.45) is 17.2 Å². The maximum atomic E-state index is 11.6. The number of carbonyl (C=O) groups is 3. The molecular weight excluding hydrogens is 452 g/mol. The van der Waals surface area contributed by atoms with Crippen LogP contribution >= 0.6 is 0 Å². The predicted molar refractivity (Wildman–Crippen MR) is 140 cm³/mol. The highest BCUT2D eigenvalue weighted by molar-refractivity contribution is 5.76. The molecule has 13 heteroatoms. The van der Waals surface area contributed by atoms with E-state index in [2.05, 4.69) is 36.8 Å². The van der Waals surface area contributed by atoms with Crippen molar-refractivity contribution in [3.63, 3.8) is 0 Å². The molecule has 3 amide bonds. The van der Waals surface area contributed by atoms with Crippen LogP contribution in [0.3, 0.4) is 0 Å². The summed E-state index contributed by atoms with van der Waals surface area (Å²) in [5.41, 5.74) is 16.1. The van der Waals surface area contributed by atoms with Gasteiger partial charge in [-0.1, -0.05) is 0 Å². The van der Waals surface area contributed by atoms with E-state index in [0.29, 0.717) is 71.6 Å². The minimum Gasteiger partial charge on any atom is -0.355 e. The summed E-state index contributed by atoms with van der Waals surface area (Å²) in [7, 11) is 0. The molecule has 0 saturated carbocycles. The lowest BCUT2D eigenvalue weighted by Crippen LogP contribution is -2.41. The third kappa shape index (κ3) is 23.6. The molecule has 0 unspecified atom stereocenters. The minimum absolute atomic E-state index is 0.000384. The van der Waals surface area contributed by atoms with E-state index >= 15 is 0 Å². The highest BCUT2D eigenvalue weighted by Crippen LogP contribution is 1.90. The van der Waals surface area contributed by atoms with Gasteiger partial charge in [-0.2, -0.15) is 0 Å². The van der Waals surface area contributed by atoms with Crippen molar-refractivity contribution in [1.29, 1.82) is 0 Å². The van der Waals surface area contributed by atoms with Crippen LogP contribution < -0.4 is 49.1 Å². The smallest absolute Gasteiger partial charge is 0.221 e. The molecule has 0 aliphatic carbocycles. The number of carbonyl (C=O) groups excluding carboxylic acids is 3. The van der Waals surface area contributed by atoms with Crippen molar-refractivity contribution >= 4 is 17.7 Å². The molecule has 35 heavy (non-hydrogen) atoms. The second-order valence-electron chi connectivity index (χ2n) is 8.11. The Kier molecular flexibility index (Phi) is 23.9. The number of amides is 3. The van der Waals surface area contributed by atoms with Crippen LogP contribution in [0.2, 0.25) is 0 Å². The Morgan fingerprint density at radius 1 is 0.486 bits per heavy atom. The maximum Gasteiger partial charge on any atom is 0.221 e. The fraction of sp³-hybridized carbons (Fsp3) is 0.864. The molecule has 0 heterocycles. The van der Waals surface area contributed by atoms with Crippen LogP contribution in [0.5, 0.6) is 0 Å². The summed E-state index contributed by atoms with van der Waals surface area (Å²) in [6.45, 7) is 9.74. The first kappa shape index (κ1) is 33.1. The average Bonchev–Trinajstić information content (AvgIpc) is 2.85. The summed E-state index contributed by atoms with van der Waals surface area (Å²) in [5, 5.41) is 18.3. The van der Waals surface area contributed by atoms with Crippen LogP contribution in [-0.4, -0.2) is 121 Å². The van der Waals surface area contributed by atoms with Crippen LogP contribution in [0.1, 0.15) is 25.7 Å². The lowest BCUT2D eigenvalue weighted by atomic mass is 10.3. The summed E-state index contributed by atoms with van der Waals surface area (Å²) < 4.78 is 0. The zero-order chi connectivity index (χ0) is 26.0. The largest absolute Gasteiger partial charge is 0.355 e. The first-order chi connectivity index (χ1) is 17.0. The SMILES string of the molecule is NCCNC(=O)CCCNCCN(CCNCCC(=O)NCCN)CCNCCC(=O)NCCN. The van der Waals surface area contributed by atoms with E-state index in [1.54, 1.807) is 0 Å². The van der Waals surface area contributed by atoms with Gasteiger partial charge in [-0.25, -0.2) is 0 Å². The van der Waals surface area contributed by atoms with Crippen molar-refractivity contribution in [1.82, 2.24) is 36.8 Å². The molecule has 0 aromatic rings. The van der Waals surface area contributed by atoms with Crippen LogP contribution in [0.15, 0.2) is 0 Å². The first-order valence-corrected chi connectivity index (χ1v) is 12.8. The Hall–Kier alpha value is -1.87. The van der Waals surface area contributed by atoms with Gasteiger partial charge in [0.15, 0.2) is 0 Å². The zero-order valence-electron chi connectivity index (χ0n) is 21.3. The summed E-state index contributed by atoms with van der Waals surface area (Å²) in [6, 6.07) is 0. The predicted octanol–water partition coefficient (Wildman–Crippen LogP) is -4.16. The second-order valence-corrected chi connectivity index (χ2v) is 8.11. The van der Waals surface area contributed by atoms with Gasteiger partial charge in [-0.05, 0) is 13.0 Å². The van der Waals surface area contributed by atoms with E-state index in [1.165, 1.54) is 0 Å². The quantitative estimate of drug-likeness (QED) is 0.0551. The number of rotatable bonds is 25. The van der Waals surface area contributed by atoms with Gasteiger partial charge in [0.25, 0.3) is 0 Å². The lowest BCUT2D eigenvalue weighted by molar-refractivity contribution is -0.121. The van der Waals surface area contributed by atoms with Crippen molar-refractivity contribution in [3.8, 4) is 0 Å². The monoisotopic (exact) mass is 502 g/mol. The van der Waals surface area contributed by atoms with Crippen molar-refractivity contribution in [2.75, 3.05) is 98.2 Å². The van der Waals surface area contributed by atoms with Crippen molar-refractivity contribution in [3.05, 3.63) is 0 Å². The molecule has 0 spiro atoms. The molecular formula is C22H50N10O3. The van der Waals surface area contributed by atoms with E-state index in [0.717, 1.165) is 52.2 Å². The van der Waals surface area contributed by atoms with E-state index < -0.39 is 0 Å². The highest BCUT2D eigenvalue weighted by Gasteiger charge is 2.06. The van der Waals surface area contributed by atoms with Crippen molar-refractivity contribution < 1.29 is 14.4 Å². The van der Waals surface area contributed by atoms with Gasteiger partial charge in [0.05, 0.1) is 0 Å². The molecule has 0 radical (unpaired) electrons. The molecule has 0 fully saturated rings. The average molecular weight is 503 g/mol. The second kappa shape index (κ2) is 25.2. The molecule has 0 saturated heterocycles. The van der Waals surface area contributed by atoms with E-state index in [1.807, 2.05) is 0 Å². The van der Waals surface area contributed by atoms with Gasteiger partial charge in [-0.15, -0.1) is 0 Å².